The van der Waals surface area contributed by atoms with Crippen molar-refractivity contribution >= 4 is 5.91 Å². The number of aliphatic hydroxyl groups is 1. The van der Waals surface area contributed by atoms with Gasteiger partial charge in [0.15, 0.2) is 0 Å². The number of hydrogen-bond donors (Lipinski definition) is 2. The molecule has 0 heterocycles. The van der Waals surface area contributed by atoms with Crippen LogP contribution < -0.4 is 5.32 Å². The van der Waals surface area contributed by atoms with E-state index in [1.54, 1.807) is 7.05 Å². The molecule has 0 rings (SSSR count). The minimum Gasteiger partial charge on any atom is -0.396 e. The molecule has 28 heavy (non-hydrogen) atoms. The average molecular weight is 392 g/mol. The molecule has 0 aliphatic heterocycles. The van der Waals surface area contributed by atoms with Crippen LogP contribution in [0.3, 0.4) is 0 Å². The van der Waals surface area contributed by atoms with Crippen LogP contribution in [0.25, 0.3) is 0 Å². The van der Waals surface area contributed by atoms with E-state index in [1.807, 2.05) is 11.8 Å². The quantitative estimate of drug-likeness (QED) is 0.371. The second kappa shape index (κ2) is 14.0. The first-order valence-corrected chi connectivity index (χ1v) is 9.89. The Morgan fingerprint density at radius 3 is 2.46 bits per heavy atom. The van der Waals surface area contributed by atoms with Gasteiger partial charge in [0, 0.05) is 25.9 Å². The average Bonchev–Trinajstić information content (AvgIpc) is 2.65. The smallest absolute Gasteiger partial charge is 0.245 e. The van der Waals surface area contributed by atoms with Gasteiger partial charge in [0.1, 0.15) is 18.4 Å². The van der Waals surface area contributed by atoms with Gasteiger partial charge < -0.3 is 20.1 Å². The van der Waals surface area contributed by atoms with E-state index in [4.69, 9.17) is 4.74 Å². The van der Waals surface area contributed by atoms with E-state index in [0.717, 1.165) is 12.1 Å². The van der Waals surface area contributed by atoms with E-state index in [2.05, 4.69) is 51.7 Å². The number of carbonyl (C=O) groups is 1. The Hall–Kier alpha value is -2.10. The maximum absolute atomic E-state index is 11.4. The molecule has 0 aliphatic rings. The first-order valence-electron chi connectivity index (χ1n) is 9.89. The number of rotatable bonds is 13. The Morgan fingerprint density at radius 1 is 1.36 bits per heavy atom. The van der Waals surface area contributed by atoms with Crippen LogP contribution in [0, 0.1) is 17.2 Å². The molecule has 1 amide bonds. The molecule has 0 spiro atoms. The van der Waals surface area contributed by atoms with Crippen molar-refractivity contribution in [1.82, 2.24) is 10.2 Å². The van der Waals surface area contributed by atoms with Gasteiger partial charge in [0.25, 0.3) is 0 Å². The fourth-order valence-corrected chi connectivity index (χ4v) is 2.85. The summed E-state index contributed by atoms with van der Waals surface area (Å²) in [6.45, 7) is 14.8. The van der Waals surface area contributed by atoms with Crippen molar-refractivity contribution in [3.8, 4) is 6.07 Å². The molecule has 0 saturated heterocycles. The van der Waals surface area contributed by atoms with Gasteiger partial charge in [-0.15, -0.1) is 0 Å². The largest absolute Gasteiger partial charge is 0.396 e. The zero-order valence-electron chi connectivity index (χ0n) is 18.3. The summed E-state index contributed by atoms with van der Waals surface area (Å²) in [5, 5.41) is 21.3. The van der Waals surface area contributed by atoms with E-state index in [9.17, 15) is 15.2 Å². The number of aliphatic hydroxyl groups excluding tert-OH is 1. The van der Waals surface area contributed by atoms with Crippen LogP contribution in [0.2, 0.25) is 0 Å². The molecule has 0 aromatic rings. The van der Waals surface area contributed by atoms with Crippen molar-refractivity contribution < 1.29 is 14.6 Å². The zero-order chi connectivity index (χ0) is 21.7. The molecule has 2 atom stereocenters. The Kier molecular flexibility index (Phi) is 12.9. The summed E-state index contributed by atoms with van der Waals surface area (Å²) in [4.78, 5) is 13.3. The van der Waals surface area contributed by atoms with E-state index in [0.29, 0.717) is 25.1 Å². The summed E-state index contributed by atoms with van der Waals surface area (Å²) in [7, 11) is 1.57. The van der Waals surface area contributed by atoms with Crippen molar-refractivity contribution in [1.29, 1.82) is 5.26 Å². The van der Waals surface area contributed by atoms with Gasteiger partial charge in [-0.3, -0.25) is 4.79 Å². The number of hydrogen-bond acceptors (Lipinski definition) is 5. The van der Waals surface area contributed by atoms with E-state index in [1.165, 1.54) is 11.1 Å². The van der Waals surface area contributed by atoms with Crippen molar-refractivity contribution in [3.05, 3.63) is 35.2 Å². The first-order chi connectivity index (χ1) is 13.2. The van der Waals surface area contributed by atoms with Crippen molar-refractivity contribution in [3.63, 3.8) is 0 Å². The van der Waals surface area contributed by atoms with Crippen LogP contribution in [0.5, 0.6) is 0 Å². The summed E-state index contributed by atoms with van der Waals surface area (Å²) >= 11 is 0. The number of amides is 1. The predicted octanol–water partition coefficient (Wildman–Crippen LogP) is 3.52. The molecule has 0 aromatic heterocycles. The summed E-state index contributed by atoms with van der Waals surface area (Å²) in [5.74, 6) is -0.00168. The number of allylic oxidation sites excluding steroid dienone is 4. The summed E-state index contributed by atoms with van der Waals surface area (Å²) in [6.07, 6.45) is 4.10. The van der Waals surface area contributed by atoms with Gasteiger partial charge in [0.05, 0.1) is 6.10 Å². The lowest BCUT2D eigenvalue weighted by molar-refractivity contribution is -0.127. The number of likely N-dealkylation sites (N-methyl/N-ethyl adjacent to an activating group) is 1. The van der Waals surface area contributed by atoms with E-state index >= 15 is 0 Å². The lowest BCUT2D eigenvalue weighted by Crippen LogP contribution is -2.30. The number of nitriles is 1. The highest BCUT2D eigenvalue weighted by molar-refractivity contribution is 5.76. The molecule has 1 unspecified atom stereocenters. The van der Waals surface area contributed by atoms with Crippen LogP contribution in [0.1, 0.15) is 53.9 Å². The van der Waals surface area contributed by atoms with Crippen LogP contribution in [0.4, 0.5) is 0 Å². The minimum absolute atomic E-state index is 0.0152. The van der Waals surface area contributed by atoms with Gasteiger partial charge in [-0.05, 0) is 51.5 Å². The highest BCUT2D eigenvalue weighted by atomic mass is 16.5. The minimum atomic E-state index is -0.165. The second-order valence-corrected chi connectivity index (χ2v) is 7.17. The second-order valence-electron chi connectivity index (χ2n) is 7.17. The molecular weight excluding hydrogens is 354 g/mol. The highest BCUT2D eigenvalue weighted by Gasteiger charge is 2.19. The number of carbonyl (C=O) groups excluding carboxylic acids is 1. The van der Waals surface area contributed by atoms with Crippen LogP contribution in [0.15, 0.2) is 35.2 Å². The third kappa shape index (κ3) is 9.20. The van der Waals surface area contributed by atoms with Crippen LogP contribution >= 0.6 is 0 Å². The van der Waals surface area contributed by atoms with Crippen molar-refractivity contribution in [2.75, 3.05) is 26.8 Å². The van der Waals surface area contributed by atoms with Crippen LogP contribution in [-0.4, -0.2) is 48.8 Å². The summed E-state index contributed by atoms with van der Waals surface area (Å²) in [5.41, 5.74) is 3.69. The first kappa shape index (κ1) is 25.9. The molecule has 0 radical (unpaired) electrons. The SMILES string of the molecule is C=C(C#N)N(CCC(C)OCC(=O)NC)/C(=C/[C@@H](C)CCO)C(CC)=C(C)C. The third-order valence-corrected chi connectivity index (χ3v) is 4.58. The Labute approximate surface area is 170 Å². The van der Waals surface area contributed by atoms with Crippen molar-refractivity contribution in [2.45, 2.75) is 60.0 Å². The normalized spacial score (nSPS) is 13.3. The Bertz CT molecular complexity index is 613. The highest BCUT2D eigenvalue weighted by Crippen LogP contribution is 2.27. The Balaban J connectivity index is 5.63. The fourth-order valence-electron chi connectivity index (χ4n) is 2.85. The summed E-state index contributed by atoms with van der Waals surface area (Å²) in [6, 6.07) is 2.17. The molecular formula is C22H37N3O3. The Morgan fingerprint density at radius 2 is 2.00 bits per heavy atom. The lowest BCUT2D eigenvalue weighted by atomic mass is 9.97. The molecule has 0 bridgehead atoms. The topological polar surface area (TPSA) is 85.6 Å². The molecule has 0 saturated carbocycles. The summed E-state index contributed by atoms with van der Waals surface area (Å²) < 4.78 is 5.58. The molecule has 6 heteroatoms. The number of nitrogens with zero attached hydrogens (tertiary/aromatic N) is 2. The van der Waals surface area contributed by atoms with E-state index in [-0.39, 0.29) is 31.1 Å². The van der Waals surface area contributed by atoms with Crippen molar-refractivity contribution in [2.24, 2.45) is 5.92 Å². The molecule has 0 aliphatic carbocycles. The fraction of sp³-hybridized carbons (Fsp3) is 0.636. The molecule has 2 N–H and O–H groups in total. The standard InChI is InChI=1S/C22H37N3O3/c1-8-20(16(2)3)21(13-17(4)10-12-26)25(18(5)14-23)11-9-19(6)28-15-22(27)24-7/h13,17,19,26H,5,8-12,15H2,1-4,6-7H3,(H,24,27)/b21-13+/t17-,19?/m0/s1. The monoisotopic (exact) mass is 391 g/mol. The molecule has 0 aromatic carbocycles. The molecule has 6 nitrogen and oxygen atoms in total. The molecule has 158 valence electrons. The van der Waals surface area contributed by atoms with E-state index < -0.39 is 0 Å². The molecule has 0 fully saturated rings. The van der Waals surface area contributed by atoms with Crippen LogP contribution in [-0.2, 0) is 9.53 Å². The predicted molar refractivity (Wildman–Crippen MR) is 113 cm³/mol. The maximum atomic E-state index is 11.4. The maximum Gasteiger partial charge on any atom is 0.245 e. The van der Waals surface area contributed by atoms with Gasteiger partial charge in [-0.25, -0.2) is 0 Å². The van der Waals surface area contributed by atoms with Gasteiger partial charge in [0.2, 0.25) is 5.91 Å². The number of nitrogens with one attached hydrogen (secondary N) is 1. The van der Waals surface area contributed by atoms with Gasteiger partial charge in [-0.1, -0.05) is 32.1 Å². The van der Waals surface area contributed by atoms with Gasteiger partial charge >= 0.3 is 0 Å². The van der Waals surface area contributed by atoms with Gasteiger partial charge in [-0.2, -0.15) is 5.26 Å². The number of ether oxygens (including phenoxy) is 1. The third-order valence-electron chi connectivity index (χ3n) is 4.58. The zero-order valence-corrected chi connectivity index (χ0v) is 18.3. The lowest BCUT2D eigenvalue weighted by Gasteiger charge is -2.30.